The van der Waals surface area contributed by atoms with E-state index in [1.165, 1.54) is 0 Å². The molecule has 0 unspecified atom stereocenters. The van der Waals surface area contributed by atoms with Crippen molar-refractivity contribution in [2.24, 2.45) is 0 Å². The average Bonchev–Trinajstić information content (AvgIpc) is 2.41. The predicted octanol–water partition coefficient (Wildman–Crippen LogP) is 0.635. The summed E-state index contributed by atoms with van der Waals surface area (Å²) in [6.07, 6.45) is 4.69. The van der Waals surface area contributed by atoms with Crippen molar-refractivity contribution < 1.29 is 4.74 Å². The van der Waals surface area contributed by atoms with Gasteiger partial charge in [-0.15, -0.1) is 0 Å². The van der Waals surface area contributed by atoms with E-state index in [4.69, 9.17) is 4.74 Å². The molecule has 1 aliphatic heterocycles. The van der Waals surface area contributed by atoms with Crippen LogP contribution in [0.1, 0.15) is 6.42 Å². The quantitative estimate of drug-likeness (QED) is 0.750. The molecule has 2 rings (SSSR count). The second-order valence-electron chi connectivity index (χ2n) is 4.28. The van der Waals surface area contributed by atoms with Crippen LogP contribution in [0.4, 0.5) is 5.95 Å². The second-order valence-corrected chi connectivity index (χ2v) is 4.28. The molecular formula is C12H20N4O. The Morgan fingerprint density at radius 1 is 1.29 bits per heavy atom. The smallest absolute Gasteiger partial charge is 0.224 e. The molecule has 5 heteroatoms. The zero-order valence-electron chi connectivity index (χ0n) is 10.4. The first-order valence-electron chi connectivity index (χ1n) is 6.14. The topological polar surface area (TPSA) is 41.5 Å². The summed E-state index contributed by atoms with van der Waals surface area (Å²) in [4.78, 5) is 13.0. The minimum Gasteiger partial charge on any atom is -0.379 e. The van der Waals surface area contributed by atoms with E-state index in [-0.39, 0.29) is 0 Å². The highest BCUT2D eigenvalue weighted by Crippen LogP contribution is 2.04. The van der Waals surface area contributed by atoms with Crippen LogP contribution in [0.15, 0.2) is 18.5 Å². The van der Waals surface area contributed by atoms with E-state index in [0.717, 1.165) is 51.8 Å². The first-order chi connectivity index (χ1) is 8.36. The lowest BCUT2D eigenvalue weighted by atomic mass is 10.3. The molecule has 0 N–H and O–H groups in total. The van der Waals surface area contributed by atoms with Crippen LogP contribution in [-0.4, -0.2) is 61.3 Å². The van der Waals surface area contributed by atoms with E-state index in [1.54, 1.807) is 12.4 Å². The molecule has 1 fully saturated rings. The van der Waals surface area contributed by atoms with Gasteiger partial charge in [0.05, 0.1) is 13.2 Å². The first kappa shape index (κ1) is 12.3. The Balaban J connectivity index is 1.67. The maximum atomic E-state index is 5.32. The van der Waals surface area contributed by atoms with Crippen LogP contribution < -0.4 is 4.90 Å². The Hall–Kier alpha value is -1.20. The van der Waals surface area contributed by atoms with Gasteiger partial charge in [0.15, 0.2) is 0 Å². The van der Waals surface area contributed by atoms with Gasteiger partial charge in [0.25, 0.3) is 0 Å². The number of nitrogens with zero attached hydrogens (tertiary/aromatic N) is 4. The molecule has 0 saturated carbocycles. The summed E-state index contributed by atoms with van der Waals surface area (Å²) >= 11 is 0. The summed E-state index contributed by atoms with van der Waals surface area (Å²) in [5.41, 5.74) is 0. The molecule has 0 atom stereocenters. The summed E-state index contributed by atoms with van der Waals surface area (Å²) in [6.45, 7) is 5.98. The van der Waals surface area contributed by atoms with Crippen molar-refractivity contribution >= 4 is 5.95 Å². The minimum absolute atomic E-state index is 0.800. The average molecular weight is 236 g/mol. The first-order valence-corrected chi connectivity index (χ1v) is 6.14. The van der Waals surface area contributed by atoms with Gasteiger partial charge in [-0.25, -0.2) is 9.97 Å². The summed E-state index contributed by atoms with van der Waals surface area (Å²) in [5.74, 6) is 0.800. The lowest BCUT2D eigenvalue weighted by Gasteiger charge is -2.27. The number of rotatable bonds is 5. The summed E-state index contributed by atoms with van der Waals surface area (Å²) in [7, 11) is 2.04. The second kappa shape index (κ2) is 6.51. The Bertz CT molecular complexity index is 314. The highest BCUT2D eigenvalue weighted by Gasteiger charge is 2.10. The Morgan fingerprint density at radius 2 is 2.00 bits per heavy atom. The monoisotopic (exact) mass is 236 g/mol. The zero-order valence-corrected chi connectivity index (χ0v) is 10.4. The van der Waals surface area contributed by atoms with E-state index in [1.807, 2.05) is 13.1 Å². The highest BCUT2D eigenvalue weighted by molar-refractivity contribution is 5.25. The molecule has 1 saturated heterocycles. The fraction of sp³-hybridized carbons (Fsp3) is 0.667. The van der Waals surface area contributed by atoms with Gasteiger partial charge in [0.1, 0.15) is 0 Å². The van der Waals surface area contributed by atoms with Gasteiger partial charge >= 0.3 is 0 Å². The van der Waals surface area contributed by atoms with Crippen LogP contribution in [0.3, 0.4) is 0 Å². The van der Waals surface area contributed by atoms with E-state index in [2.05, 4.69) is 19.8 Å². The van der Waals surface area contributed by atoms with Gasteiger partial charge in [-0.3, -0.25) is 4.90 Å². The van der Waals surface area contributed by atoms with E-state index >= 15 is 0 Å². The zero-order chi connectivity index (χ0) is 11.9. The molecule has 0 aromatic carbocycles. The normalized spacial score (nSPS) is 17.0. The summed E-state index contributed by atoms with van der Waals surface area (Å²) in [5, 5.41) is 0. The molecule has 1 aliphatic rings. The van der Waals surface area contributed by atoms with Crippen molar-refractivity contribution in [3.8, 4) is 0 Å². The van der Waals surface area contributed by atoms with Crippen LogP contribution >= 0.6 is 0 Å². The van der Waals surface area contributed by atoms with Crippen molar-refractivity contribution in [1.82, 2.24) is 14.9 Å². The van der Waals surface area contributed by atoms with Gasteiger partial charge in [0, 0.05) is 45.6 Å². The summed E-state index contributed by atoms with van der Waals surface area (Å²) in [6, 6.07) is 1.84. The minimum atomic E-state index is 0.800. The van der Waals surface area contributed by atoms with E-state index in [9.17, 15) is 0 Å². The standard InChI is InChI=1S/C12H20N4O/c1-15(12-13-4-2-5-14-12)6-3-7-16-8-10-17-11-9-16/h2,4-5H,3,6-11H2,1H3. The van der Waals surface area contributed by atoms with E-state index < -0.39 is 0 Å². The largest absolute Gasteiger partial charge is 0.379 e. The maximum Gasteiger partial charge on any atom is 0.224 e. The molecule has 0 aliphatic carbocycles. The van der Waals surface area contributed by atoms with Gasteiger partial charge in [-0.05, 0) is 12.5 Å². The number of anilines is 1. The molecule has 0 radical (unpaired) electrons. The molecule has 0 amide bonds. The van der Waals surface area contributed by atoms with Crippen molar-refractivity contribution in [3.63, 3.8) is 0 Å². The van der Waals surface area contributed by atoms with Gasteiger partial charge in [-0.2, -0.15) is 0 Å². The van der Waals surface area contributed by atoms with E-state index in [0.29, 0.717) is 0 Å². The Morgan fingerprint density at radius 3 is 2.71 bits per heavy atom. The predicted molar refractivity (Wildman–Crippen MR) is 67.2 cm³/mol. The number of aromatic nitrogens is 2. The number of ether oxygens (including phenoxy) is 1. The molecule has 17 heavy (non-hydrogen) atoms. The number of hydrogen-bond donors (Lipinski definition) is 0. The van der Waals surface area contributed by atoms with Crippen LogP contribution in [0.5, 0.6) is 0 Å². The maximum absolute atomic E-state index is 5.32. The van der Waals surface area contributed by atoms with Crippen molar-refractivity contribution in [2.45, 2.75) is 6.42 Å². The van der Waals surface area contributed by atoms with Crippen LogP contribution in [0, 0.1) is 0 Å². The van der Waals surface area contributed by atoms with Crippen LogP contribution in [-0.2, 0) is 4.74 Å². The van der Waals surface area contributed by atoms with Crippen LogP contribution in [0.2, 0.25) is 0 Å². The third kappa shape index (κ3) is 3.94. The number of hydrogen-bond acceptors (Lipinski definition) is 5. The van der Waals surface area contributed by atoms with Crippen molar-refractivity contribution in [2.75, 3.05) is 51.3 Å². The molecule has 2 heterocycles. The van der Waals surface area contributed by atoms with Crippen LogP contribution in [0.25, 0.3) is 0 Å². The Kier molecular flexibility index (Phi) is 4.70. The molecule has 1 aromatic rings. The fourth-order valence-electron chi connectivity index (χ4n) is 1.94. The van der Waals surface area contributed by atoms with Crippen molar-refractivity contribution in [1.29, 1.82) is 0 Å². The molecule has 0 bridgehead atoms. The Labute approximate surface area is 102 Å². The van der Waals surface area contributed by atoms with Gasteiger partial charge in [-0.1, -0.05) is 0 Å². The van der Waals surface area contributed by atoms with Gasteiger partial charge in [0.2, 0.25) is 5.95 Å². The lowest BCUT2D eigenvalue weighted by molar-refractivity contribution is 0.0377. The molecular weight excluding hydrogens is 216 g/mol. The molecule has 5 nitrogen and oxygen atoms in total. The lowest BCUT2D eigenvalue weighted by Crippen LogP contribution is -2.38. The summed E-state index contributed by atoms with van der Waals surface area (Å²) < 4.78 is 5.32. The third-order valence-electron chi connectivity index (χ3n) is 2.97. The molecule has 0 spiro atoms. The van der Waals surface area contributed by atoms with Crippen molar-refractivity contribution in [3.05, 3.63) is 18.5 Å². The number of morpholine rings is 1. The molecule has 94 valence electrons. The molecule has 1 aromatic heterocycles. The highest BCUT2D eigenvalue weighted by atomic mass is 16.5. The van der Waals surface area contributed by atoms with Gasteiger partial charge < -0.3 is 9.64 Å². The SMILES string of the molecule is CN(CCCN1CCOCC1)c1ncccn1. The third-order valence-corrected chi connectivity index (χ3v) is 2.97. The fourth-order valence-corrected chi connectivity index (χ4v) is 1.94.